The largest absolute Gasteiger partial charge is 0.348 e. The van der Waals surface area contributed by atoms with Gasteiger partial charge in [-0.2, -0.15) is 4.39 Å². The van der Waals surface area contributed by atoms with Gasteiger partial charge in [0.1, 0.15) is 0 Å². The van der Waals surface area contributed by atoms with Crippen LogP contribution in [0.15, 0.2) is 121 Å². The number of carbonyl (C=O) groups is 2. The van der Waals surface area contributed by atoms with Crippen LogP contribution in [-0.2, 0) is 28.6 Å². The Balaban J connectivity index is 1.52. The fraction of sp³-hybridized carbons (Fsp3) is 0.156. The summed E-state index contributed by atoms with van der Waals surface area (Å²) in [6, 6.07) is 26.8. The molecule has 1 heterocycles. The number of sulfone groups is 1. The second-order valence-electron chi connectivity index (χ2n) is 9.40. The molecule has 1 aromatic heterocycles. The summed E-state index contributed by atoms with van der Waals surface area (Å²) in [5.41, 5.74) is 2.69. The van der Waals surface area contributed by atoms with E-state index in [0.29, 0.717) is 23.1 Å². The van der Waals surface area contributed by atoms with Crippen molar-refractivity contribution >= 4 is 21.7 Å². The molecule has 0 bridgehead atoms. The number of rotatable bonds is 12. The summed E-state index contributed by atoms with van der Waals surface area (Å²) in [6.45, 7) is 0.0785. The van der Waals surface area contributed by atoms with Crippen molar-refractivity contribution in [2.24, 2.45) is 0 Å². The van der Waals surface area contributed by atoms with Crippen LogP contribution in [0.2, 0.25) is 0 Å². The maximum absolute atomic E-state index is 15.2. The first-order valence-electron chi connectivity index (χ1n) is 13.1. The van der Waals surface area contributed by atoms with Crippen molar-refractivity contribution in [1.29, 1.82) is 0 Å². The van der Waals surface area contributed by atoms with Crippen molar-refractivity contribution in [3.8, 4) is 0 Å². The molecule has 3 aromatic carbocycles. The fourth-order valence-electron chi connectivity index (χ4n) is 4.21. The molecule has 7 nitrogen and oxygen atoms in total. The van der Waals surface area contributed by atoms with Crippen molar-refractivity contribution in [3.05, 3.63) is 149 Å². The van der Waals surface area contributed by atoms with Gasteiger partial charge in [-0.15, -0.1) is 0 Å². The second kappa shape index (κ2) is 14.1. The highest BCUT2D eigenvalue weighted by atomic mass is 32.2. The van der Waals surface area contributed by atoms with Gasteiger partial charge in [-0.05, 0) is 53.8 Å². The lowest BCUT2D eigenvalue weighted by Gasteiger charge is -2.18. The van der Waals surface area contributed by atoms with Crippen LogP contribution in [0.4, 0.5) is 4.39 Å². The predicted molar refractivity (Wildman–Crippen MR) is 156 cm³/mol. The molecule has 0 saturated carbocycles. The number of nitrogens with one attached hydrogen (secondary N) is 2. The van der Waals surface area contributed by atoms with Gasteiger partial charge in [0.15, 0.2) is 0 Å². The lowest BCUT2D eigenvalue weighted by molar-refractivity contribution is 0.0929. The van der Waals surface area contributed by atoms with Gasteiger partial charge in [0.25, 0.3) is 11.8 Å². The van der Waals surface area contributed by atoms with Crippen LogP contribution in [0.3, 0.4) is 0 Å². The average Bonchev–Trinajstić information content (AvgIpc) is 3.00. The van der Waals surface area contributed by atoms with Gasteiger partial charge in [-0.3, -0.25) is 14.6 Å². The Morgan fingerprint density at radius 2 is 1.41 bits per heavy atom. The van der Waals surface area contributed by atoms with Gasteiger partial charge in [0, 0.05) is 30.1 Å². The van der Waals surface area contributed by atoms with E-state index in [2.05, 4.69) is 15.6 Å². The third kappa shape index (κ3) is 8.68. The van der Waals surface area contributed by atoms with E-state index < -0.39 is 32.7 Å². The minimum atomic E-state index is -4.25. The molecule has 0 spiro atoms. The SMILES string of the molecule is O=C(NCc1ccccc1C(=O)N[C@H](/C=C(\F)S(=O)(=O)Cc1ccccc1)CCc1ccccc1)c1ccncc1. The van der Waals surface area contributed by atoms with Crippen LogP contribution >= 0.6 is 0 Å². The highest BCUT2D eigenvalue weighted by molar-refractivity contribution is 7.94. The number of nitrogens with zero attached hydrogens (tertiary/aromatic N) is 1. The van der Waals surface area contributed by atoms with Gasteiger partial charge in [-0.1, -0.05) is 78.9 Å². The van der Waals surface area contributed by atoms with E-state index in [1.807, 2.05) is 30.3 Å². The molecule has 0 radical (unpaired) electrons. The average molecular weight is 572 g/mol. The van der Waals surface area contributed by atoms with E-state index in [0.717, 1.165) is 11.6 Å². The number of halogens is 1. The first-order valence-corrected chi connectivity index (χ1v) is 14.7. The van der Waals surface area contributed by atoms with E-state index in [4.69, 9.17) is 0 Å². The summed E-state index contributed by atoms with van der Waals surface area (Å²) in [5.74, 6) is -1.33. The Bertz CT molecular complexity index is 1600. The predicted octanol–water partition coefficient (Wildman–Crippen LogP) is 5.17. The minimum Gasteiger partial charge on any atom is -0.348 e. The van der Waals surface area contributed by atoms with Crippen molar-refractivity contribution in [2.45, 2.75) is 31.2 Å². The monoisotopic (exact) mass is 571 g/mol. The van der Waals surface area contributed by atoms with E-state index in [1.165, 1.54) is 12.4 Å². The van der Waals surface area contributed by atoms with Gasteiger partial charge < -0.3 is 10.6 Å². The van der Waals surface area contributed by atoms with Crippen molar-refractivity contribution < 1.29 is 22.4 Å². The maximum Gasteiger partial charge on any atom is 0.252 e. The molecule has 41 heavy (non-hydrogen) atoms. The highest BCUT2D eigenvalue weighted by Crippen LogP contribution is 2.19. The number of aryl methyl sites for hydroxylation is 1. The number of aromatic nitrogens is 1. The second-order valence-corrected chi connectivity index (χ2v) is 11.3. The van der Waals surface area contributed by atoms with Gasteiger partial charge in [0.05, 0.1) is 11.8 Å². The Hall–Kier alpha value is -4.63. The number of carbonyl (C=O) groups excluding carboxylic acids is 2. The van der Waals surface area contributed by atoms with Crippen molar-refractivity contribution in [2.75, 3.05) is 0 Å². The lowest BCUT2D eigenvalue weighted by atomic mass is 10.0. The molecule has 4 rings (SSSR count). The summed E-state index contributed by atoms with van der Waals surface area (Å²) in [6.07, 6.45) is 4.74. The molecular weight excluding hydrogens is 541 g/mol. The fourth-order valence-corrected chi connectivity index (χ4v) is 5.35. The summed E-state index contributed by atoms with van der Waals surface area (Å²) < 4.78 is 40.8. The molecule has 0 aliphatic heterocycles. The van der Waals surface area contributed by atoms with Crippen LogP contribution in [0, 0.1) is 0 Å². The van der Waals surface area contributed by atoms with Gasteiger partial charge in [-0.25, -0.2) is 8.42 Å². The van der Waals surface area contributed by atoms with Crippen molar-refractivity contribution in [1.82, 2.24) is 15.6 Å². The summed E-state index contributed by atoms with van der Waals surface area (Å²) in [7, 11) is -4.25. The maximum atomic E-state index is 15.2. The zero-order valence-corrected chi connectivity index (χ0v) is 23.1. The first-order chi connectivity index (χ1) is 19.8. The smallest absolute Gasteiger partial charge is 0.252 e. The molecule has 0 aliphatic rings. The van der Waals surface area contributed by atoms with E-state index in [-0.39, 0.29) is 24.4 Å². The van der Waals surface area contributed by atoms with Crippen LogP contribution in [0.5, 0.6) is 0 Å². The van der Waals surface area contributed by atoms with Crippen molar-refractivity contribution in [3.63, 3.8) is 0 Å². The topological polar surface area (TPSA) is 105 Å². The molecule has 0 aliphatic carbocycles. The Labute approximate surface area is 239 Å². The molecule has 4 aromatic rings. The van der Waals surface area contributed by atoms with E-state index in [1.54, 1.807) is 66.7 Å². The molecule has 210 valence electrons. The molecule has 0 fully saturated rings. The highest BCUT2D eigenvalue weighted by Gasteiger charge is 2.22. The molecule has 0 saturated heterocycles. The Morgan fingerprint density at radius 3 is 2.10 bits per heavy atom. The minimum absolute atomic E-state index is 0.0785. The third-order valence-corrected chi connectivity index (χ3v) is 7.82. The molecular formula is C32H30FN3O4S. The molecule has 1 atom stereocenters. The van der Waals surface area contributed by atoms with Crippen LogP contribution in [0.1, 0.15) is 43.8 Å². The van der Waals surface area contributed by atoms with Crippen LogP contribution in [0.25, 0.3) is 0 Å². The summed E-state index contributed by atoms with van der Waals surface area (Å²) >= 11 is 0. The van der Waals surface area contributed by atoms with E-state index >= 15 is 4.39 Å². The molecule has 2 N–H and O–H groups in total. The zero-order chi connectivity index (χ0) is 29.1. The summed E-state index contributed by atoms with van der Waals surface area (Å²) in [4.78, 5) is 29.8. The molecule has 9 heteroatoms. The first kappa shape index (κ1) is 29.4. The molecule has 2 amide bonds. The normalized spacial score (nSPS) is 12.4. The number of hydrogen-bond acceptors (Lipinski definition) is 5. The number of hydrogen-bond donors (Lipinski definition) is 2. The van der Waals surface area contributed by atoms with Crippen LogP contribution in [-0.4, -0.2) is 31.3 Å². The number of pyridine rings is 1. The quantitative estimate of drug-likeness (QED) is 0.244. The number of benzene rings is 3. The van der Waals surface area contributed by atoms with Gasteiger partial charge >= 0.3 is 0 Å². The summed E-state index contributed by atoms with van der Waals surface area (Å²) in [5, 5.41) is 4.28. The standard InChI is InChI=1S/C32H30FN3O4S/c33-30(41(39,40)23-25-11-5-2-6-12-25)21-28(16-15-24-9-3-1-4-10-24)36-32(38)29-14-8-7-13-27(29)22-35-31(37)26-17-19-34-20-18-26/h1-14,17-21,28H,15-16,22-23H2,(H,35,37)(H,36,38)/b30-21+/t28-/m0/s1. The Morgan fingerprint density at radius 1 is 0.805 bits per heavy atom. The van der Waals surface area contributed by atoms with E-state index in [9.17, 15) is 18.0 Å². The van der Waals surface area contributed by atoms with Crippen LogP contribution < -0.4 is 10.6 Å². The Kier molecular flexibility index (Phi) is 10.1. The third-order valence-electron chi connectivity index (χ3n) is 6.38. The molecule has 0 unspecified atom stereocenters. The lowest BCUT2D eigenvalue weighted by Crippen LogP contribution is -2.35. The zero-order valence-electron chi connectivity index (χ0n) is 22.2. The number of amides is 2. The van der Waals surface area contributed by atoms with Gasteiger partial charge in [0.2, 0.25) is 15.0 Å².